The second kappa shape index (κ2) is 7.35. The zero-order chi connectivity index (χ0) is 20.6. The molecule has 1 N–H and O–H groups in total. The normalized spacial score (nSPS) is 11.5. The van der Waals surface area contributed by atoms with Crippen molar-refractivity contribution >= 4 is 17.1 Å². The van der Waals surface area contributed by atoms with Crippen LogP contribution < -0.4 is 4.90 Å². The zero-order valence-electron chi connectivity index (χ0n) is 18.1. The number of anilines is 3. The highest BCUT2D eigenvalue weighted by atomic mass is 16.3. The van der Waals surface area contributed by atoms with Crippen molar-refractivity contribution in [3.05, 3.63) is 82.4 Å². The van der Waals surface area contributed by atoms with Gasteiger partial charge in [-0.2, -0.15) is 0 Å². The molecule has 3 aromatic carbocycles. The van der Waals surface area contributed by atoms with Gasteiger partial charge in [-0.3, -0.25) is 0 Å². The third-order valence-corrected chi connectivity index (χ3v) is 5.01. The molecule has 0 unspecified atom stereocenters. The predicted octanol–water partition coefficient (Wildman–Crippen LogP) is 7.39. The van der Waals surface area contributed by atoms with Crippen LogP contribution in [0, 0.1) is 27.7 Å². The lowest BCUT2D eigenvalue weighted by Crippen LogP contribution is -2.15. The van der Waals surface area contributed by atoms with Crippen molar-refractivity contribution in [3.63, 3.8) is 0 Å². The molecule has 3 rings (SSSR count). The van der Waals surface area contributed by atoms with Crippen LogP contribution >= 0.6 is 0 Å². The number of phenols is 1. The van der Waals surface area contributed by atoms with E-state index in [0.717, 1.165) is 17.1 Å². The van der Waals surface area contributed by atoms with Gasteiger partial charge in [0.15, 0.2) is 0 Å². The molecule has 0 fully saturated rings. The van der Waals surface area contributed by atoms with Crippen molar-refractivity contribution in [1.82, 2.24) is 0 Å². The molecule has 0 radical (unpaired) electrons. The summed E-state index contributed by atoms with van der Waals surface area (Å²) in [5, 5.41) is 10.8. The van der Waals surface area contributed by atoms with Crippen molar-refractivity contribution in [2.45, 2.75) is 53.9 Å². The minimum absolute atomic E-state index is 0.000831. The van der Waals surface area contributed by atoms with Gasteiger partial charge in [-0.25, -0.2) is 0 Å². The highest BCUT2D eigenvalue weighted by Gasteiger charge is 2.21. The van der Waals surface area contributed by atoms with E-state index in [0.29, 0.717) is 0 Å². The van der Waals surface area contributed by atoms with E-state index in [2.05, 4.69) is 95.8 Å². The molecule has 0 aliphatic heterocycles. The Hall–Kier alpha value is -2.74. The van der Waals surface area contributed by atoms with Crippen LogP contribution in [-0.2, 0) is 5.41 Å². The molecular weight excluding hydrogens is 342 g/mol. The summed E-state index contributed by atoms with van der Waals surface area (Å²) in [7, 11) is 0. The molecule has 0 aliphatic carbocycles. The van der Waals surface area contributed by atoms with Gasteiger partial charge >= 0.3 is 0 Å². The van der Waals surface area contributed by atoms with Crippen LogP contribution in [-0.4, -0.2) is 5.11 Å². The van der Waals surface area contributed by atoms with Crippen LogP contribution in [0.2, 0.25) is 0 Å². The Labute approximate surface area is 169 Å². The number of hydrogen-bond acceptors (Lipinski definition) is 2. The van der Waals surface area contributed by atoms with Crippen LogP contribution in [0.3, 0.4) is 0 Å². The van der Waals surface area contributed by atoms with Gasteiger partial charge in [0.2, 0.25) is 0 Å². The number of phenolic OH excluding ortho intramolecular Hbond substituents is 1. The summed E-state index contributed by atoms with van der Waals surface area (Å²) in [6.45, 7) is 15.0. The number of hydrogen-bond donors (Lipinski definition) is 1. The van der Waals surface area contributed by atoms with Gasteiger partial charge in [-0.05, 0) is 97.3 Å². The lowest BCUT2D eigenvalue weighted by Gasteiger charge is -2.29. The first-order valence-electron chi connectivity index (χ1n) is 9.85. The Morgan fingerprint density at radius 1 is 0.643 bits per heavy atom. The Morgan fingerprint density at radius 2 is 1.07 bits per heavy atom. The summed E-state index contributed by atoms with van der Waals surface area (Å²) in [4.78, 5) is 2.17. The number of aryl methyl sites for hydroxylation is 4. The molecular formula is C26H31NO. The van der Waals surface area contributed by atoms with Crippen LogP contribution in [0.5, 0.6) is 5.75 Å². The second-order valence-electron chi connectivity index (χ2n) is 8.98. The number of nitrogens with zero attached hydrogens (tertiary/aromatic N) is 1. The van der Waals surface area contributed by atoms with Crippen molar-refractivity contribution in [1.29, 1.82) is 0 Å². The molecule has 0 saturated carbocycles. The average molecular weight is 374 g/mol. The first kappa shape index (κ1) is 20.0. The predicted molar refractivity (Wildman–Crippen MR) is 120 cm³/mol. The van der Waals surface area contributed by atoms with Crippen LogP contribution in [0.15, 0.2) is 54.6 Å². The maximum absolute atomic E-state index is 10.8. The smallest absolute Gasteiger partial charge is 0.139 e. The standard InChI is InChI=1S/C26H31NO/c1-17-10-18(2)13-22(12-17)27(23-14-19(3)11-20(4)15-23)24-16-21(26(5,6)7)8-9-25(24)28/h8-16,28H,1-7H3. The van der Waals surface area contributed by atoms with E-state index in [-0.39, 0.29) is 11.2 Å². The zero-order valence-corrected chi connectivity index (χ0v) is 18.1. The lowest BCUT2D eigenvalue weighted by molar-refractivity contribution is 0.475. The summed E-state index contributed by atoms with van der Waals surface area (Å²) in [6.07, 6.45) is 0. The molecule has 146 valence electrons. The Morgan fingerprint density at radius 3 is 1.46 bits per heavy atom. The van der Waals surface area contributed by atoms with Crippen LogP contribution in [0.1, 0.15) is 48.6 Å². The highest BCUT2D eigenvalue weighted by Crippen LogP contribution is 2.42. The molecule has 2 nitrogen and oxygen atoms in total. The topological polar surface area (TPSA) is 23.5 Å². The SMILES string of the molecule is Cc1cc(C)cc(N(c2cc(C)cc(C)c2)c2cc(C(C)(C)C)ccc2O)c1. The van der Waals surface area contributed by atoms with Gasteiger partial charge in [-0.1, -0.05) is 39.0 Å². The van der Waals surface area contributed by atoms with E-state index in [9.17, 15) is 5.11 Å². The molecule has 0 aliphatic rings. The number of aromatic hydroxyl groups is 1. The van der Waals surface area contributed by atoms with Gasteiger partial charge in [0.25, 0.3) is 0 Å². The Balaban J connectivity index is 2.31. The average Bonchev–Trinajstić information content (AvgIpc) is 2.54. The lowest BCUT2D eigenvalue weighted by atomic mass is 9.86. The van der Waals surface area contributed by atoms with Gasteiger partial charge in [0.05, 0.1) is 5.69 Å². The summed E-state index contributed by atoms with van der Waals surface area (Å²) < 4.78 is 0. The third-order valence-electron chi connectivity index (χ3n) is 5.01. The molecule has 0 amide bonds. The third kappa shape index (κ3) is 4.22. The molecule has 0 aromatic heterocycles. The Kier molecular flexibility index (Phi) is 5.25. The van der Waals surface area contributed by atoms with E-state index in [1.165, 1.54) is 27.8 Å². The molecule has 0 saturated heterocycles. The molecule has 28 heavy (non-hydrogen) atoms. The van der Waals surface area contributed by atoms with Gasteiger partial charge in [0.1, 0.15) is 5.75 Å². The molecule has 0 heterocycles. The number of benzene rings is 3. The van der Waals surface area contributed by atoms with E-state index in [1.807, 2.05) is 12.1 Å². The summed E-state index contributed by atoms with van der Waals surface area (Å²) in [6, 6.07) is 19.0. The minimum atomic E-state index is -0.000831. The van der Waals surface area contributed by atoms with Crippen molar-refractivity contribution in [2.75, 3.05) is 4.90 Å². The van der Waals surface area contributed by atoms with Crippen LogP contribution in [0.25, 0.3) is 0 Å². The van der Waals surface area contributed by atoms with Crippen molar-refractivity contribution in [3.8, 4) is 5.75 Å². The maximum Gasteiger partial charge on any atom is 0.139 e. The first-order valence-corrected chi connectivity index (χ1v) is 9.85. The quantitative estimate of drug-likeness (QED) is 0.517. The van der Waals surface area contributed by atoms with E-state index in [4.69, 9.17) is 0 Å². The summed E-state index contributed by atoms with van der Waals surface area (Å²) >= 11 is 0. The van der Waals surface area contributed by atoms with Crippen LogP contribution in [0.4, 0.5) is 17.1 Å². The molecule has 3 aromatic rings. The van der Waals surface area contributed by atoms with Gasteiger partial charge in [0, 0.05) is 11.4 Å². The molecule has 0 atom stereocenters. The van der Waals surface area contributed by atoms with E-state index in [1.54, 1.807) is 0 Å². The minimum Gasteiger partial charge on any atom is -0.506 e. The fourth-order valence-electron chi connectivity index (χ4n) is 3.76. The number of rotatable bonds is 3. The van der Waals surface area contributed by atoms with E-state index >= 15 is 0 Å². The Bertz CT molecular complexity index is 919. The molecule has 0 bridgehead atoms. The highest BCUT2D eigenvalue weighted by molar-refractivity contribution is 5.81. The van der Waals surface area contributed by atoms with Crippen molar-refractivity contribution in [2.24, 2.45) is 0 Å². The summed E-state index contributed by atoms with van der Waals surface area (Å²) in [5.41, 5.74) is 8.94. The fraction of sp³-hybridized carbons (Fsp3) is 0.308. The van der Waals surface area contributed by atoms with Gasteiger partial charge < -0.3 is 10.0 Å². The maximum atomic E-state index is 10.8. The largest absolute Gasteiger partial charge is 0.506 e. The monoisotopic (exact) mass is 373 g/mol. The van der Waals surface area contributed by atoms with Gasteiger partial charge in [-0.15, -0.1) is 0 Å². The van der Waals surface area contributed by atoms with E-state index < -0.39 is 0 Å². The molecule has 2 heteroatoms. The second-order valence-corrected chi connectivity index (χ2v) is 8.98. The molecule has 0 spiro atoms. The fourth-order valence-corrected chi connectivity index (χ4v) is 3.76. The summed E-state index contributed by atoms with van der Waals surface area (Å²) in [5.74, 6) is 0.284. The first-order chi connectivity index (χ1) is 13.0. The van der Waals surface area contributed by atoms with Crippen molar-refractivity contribution < 1.29 is 5.11 Å².